The van der Waals surface area contributed by atoms with Crippen molar-refractivity contribution in [3.63, 3.8) is 0 Å². The molecular formula is C28H22Cl2N2O6S. The van der Waals surface area contributed by atoms with Gasteiger partial charge in [0.15, 0.2) is 17.2 Å². The second-order valence-electron chi connectivity index (χ2n) is 8.01. The number of rotatable bonds is 10. The van der Waals surface area contributed by atoms with Crippen LogP contribution in [-0.4, -0.2) is 27.6 Å². The Labute approximate surface area is 235 Å². The molecule has 4 rings (SSSR count). The van der Waals surface area contributed by atoms with Crippen molar-refractivity contribution in [2.24, 2.45) is 5.10 Å². The molecule has 0 atom stereocenters. The minimum absolute atomic E-state index is 0.0334. The number of ether oxygens (including phenoxy) is 2. The standard InChI is InChI=1S/C28H22Cl2N2O6S/c1-36-27-16-20(7-13-26(27)37-18-19-5-3-2-4-6-19)28(33)32-31-17-21-15-23(30)10-14-25(21)38-39(34,35)24-11-8-22(29)9-12-24/h2-17H,18H2,1H3,(H,32,33)/b31-17+. The van der Waals surface area contributed by atoms with Crippen molar-refractivity contribution in [1.29, 1.82) is 0 Å². The highest BCUT2D eigenvalue weighted by Gasteiger charge is 2.19. The van der Waals surface area contributed by atoms with Gasteiger partial charge in [0, 0.05) is 21.2 Å². The predicted octanol–water partition coefficient (Wildman–Crippen LogP) is 6.11. The van der Waals surface area contributed by atoms with Crippen LogP contribution in [0.2, 0.25) is 10.0 Å². The largest absolute Gasteiger partial charge is 0.493 e. The zero-order valence-electron chi connectivity index (χ0n) is 20.5. The smallest absolute Gasteiger partial charge is 0.339 e. The summed E-state index contributed by atoms with van der Waals surface area (Å²) in [6, 6.07) is 24.2. The van der Waals surface area contributed by atoms with Gasteiger partial charge in [0.05, 0.1) is 13.3 Å². The average molecular weight is 585 g/mol. The molecule has 200 valence electrons. The van der Waals surface area contributed by atoms with Crippen LogP contribution in [0, 0.1) is 0 Å². The van der Waals surface area contributed by atoms with E-state index in [1.165, 1.54) is 61.9 Å². The molecular weight excluding hydrogens is 563 g/mol. The molecule has 0 heterocycles. The topological polar surface area (TPSA) is 103 Å². The molecule has 0 saturated carbocycles. The van der Waals surface area contributed by atoms with E-state index < -0.39 is 16.0 Å². The molecule has 0 aromatic heterocycles. The second kappa shape index (κ2) is 12.7. The fourth-order valence-corrected chi connectivity index (χ4v) is 4.61. The van der Waals surface area contributed by atoms with E-state index in [1.54, 1.807) is 12.1 Å². The molecule has 4 aromatic carbocycles. The molecule has 0 unspecified atom stereocenters. The number of halogens is 2. The van der Waals surface area contributed by atoms with E-state index in [-0.39, 0.29) is 21.8 Å². The highest BCUT2D eigenvalue weighted by molar-refractivity contribution is 7.87. The van der Waals surface area contributed by atoms with Gasteiger partial charge in [-0.1, -0.05) is 53.5 Å². The summed E-state index contributed by atoms with van der Waals surface area (Å²) in [5.41, 5.74) is 3.87. The highest BCUT2D eigenvalue weighted by atomic mass is 35.5. The molecule has 39 heavy (non-hydrogen) atoms. The zero-order valence-corrected chi connectivity index (χ0v) is 22.8. The summed E-state index contributed by atoms with van der Waals surface area (Å²) in [6.07, 6.45) is 1.23. The van der Waals surface area contributed by atoms with Gasteiger partial charge in [-0.15, -0.1) is 0 Å². The fraction of sp³-hybridized carbons (Fsp3) is 0.0714. The van der Waals surface area contributed by atoms with E-state index in [0.29, 0.717) is 28.2 Å². The predicted molar refractivity (Wildman–Crippen MR) is 150 cm³/mol. The maximum Gasteiger partial charge on any atom is 0.339 e. The lowest BCUT2D eigenvalue weighted by Gasteiger charge is -2.12. The number of carbonyl (C=O) groups is 1. The molecule has 0 fully saturated rings. The van der Waals surface area contributed by atoms with Gasteiger partial charge >= 0.3 is 10.1 Å². The zero-order chi connectivity index (χ0) is 27.8. The third-order valence-corrected chi connectivity index (χ3v) is 7.04. The Kier molecular flexibility index (Phi) is 9.08. The molecule has 4 aromatic rings. The van der Waals surface area contributed by atoms with Gasteiger partial charge in [-0.3, -0.25) is 4.79 Å². The van der Waals surface area contributed by atoms with Crippen LogP contribution < -0.4 is 19.1 Å². The maximum atomic E-state index is 12.7. The van der Waals surface area contributed by atoms with Gasteiger partial charge in [0.2, 0.25) is 0 Å². The lowest BCUT2D eigenvalue weighted by atomic mass is 10.2. The fourth-order valence-electron chi connectivity index (χ4n) is 3.35. The minimum Gasteiger partial charge on any atom is -0.493 e. The Morgan fingerprint density at radius 3 is 2.28 bits per heavy atom. The molecule has 11 heteroatoms. The minimum atomic E-state index is -4.16. The van der Waals surface area contributed by atoms with Crippen molar-refractivity contribution in [1.82, 2.24) is 5.43 Å². The first-order chi connectivity index (χ1) is 18.7. The van der Waals surface area contributed by atoms with E-state index in [0.717, 1.165) is 5.56 Å². The van der Waals surface area contributed by atoms with Gasteiger partial charge in [0.25, 0.3) is 5.91 Å². The molecule has 0 bridgehead atoms. The van der Waals surface area contributed by atoms with E-state index in [4.69, 9.17) is 36.9 Å². The molecule has 0 spiro atoms. The average Bonchev–Trinajstić information content (AvgIpc) is 2.94. The molecule has 0 aliphatic heterocycles. The van der Waals surface area contributed by atoms with Gasteiger partial charge in [-0.05, 0) is 66.2 Å². The first kappa shape index (κ1) is 28.0. The Morgan fingerprint density at radius 2 is 1.56 bits per heavy atom. The summed E-state index contributed by atoms with van der Waals surface area (Å²) in [4.78, 5) is 12.6. The van der Waals surface area contributed by atoms with Gasteiger partial charge in [-0.2, -0.15) is 13.5 Å². The van der Waals surface area contributed by atoms with Crippen molar-refractivity contribution < 1.29 is 26.9 Å². The van der Waals surface area contributed by atoms with Crippen molar-refractivity contribution in [3.05, 3.63) is 118 Å². The summed E-state index contributed by atoms with van der Waals surface area (Å²) in [5, 5.41) is 4.64. The quantitative estimate of drug-likeness (QED) is 0.137. The van der Waals surface area contributed by atoms with Gasteiger partial charge < -0.3 is 13.7 Å². The van der Waals surface area contributed by atoms with Crippen molar-refractivity contribution in [2.75, 3.05) is 7.11 Å². The van der Waals surface area contributed by atoms with E-state index in [1.807, 2.05) is 30.3 Å². The number of hydrogen-bond donors (Lipinski definition) is 1. The lowest BCUT2D eigenvalue weighted by Crippen LogP contribution is -2.18. The summed E-state index contributed by atoms with van der Waals surface area (Å²) in [5.74, 6) is 0.288. The number of hydrazone groups is 1. The number of methoxy groups -OCH3 is 1. The number of benzene rings is 4. The highest BCUT2D eigenvalue weighted by Crippen LogP contribution is 2.29. The summed E-state index contributed by atoms with van der Waals surface area (Å²) < 4.78 is 41.9. The number of carbonyl (C=O) groups excluding carboxylic acids is 1. The monoisotopic (exact) mass is 584 g/mol. The Balaban J connectivity index is 1.45. The van der Waals surface area contributed by atoms with Crippen molar-refractivity contribution >= 4 is 45.4 Å². The van der Waals surface area contributed by atoms with Crippen LogP contribution in [0.5, 0.6) is 17.2 Å². The first-order valence-electron chi connectivity index (χ1n) is 11.4. The van der Waals surface area contributed by atoms with Crippen LogP contribution in [0.15, 0.2) is 101 Å². The Morgan fingerprint density at radius 1 is 0.872 bits per heavy atom. The van der Waals surface area contributed by atoms with Crippen LogP contribution in [0.4, 0.5) is 0 Å². The Bertz CT molecular complexity index is 1590. The number of hydrogen-bond acceptors (Lipinski definition) is 7. The van der Waals surface area contributed by atoms with Gasteiger partial charge in [-0.25, -0.2) is 5.43 Å². The molecule has 1 amide bonds. The number of nitrogens with one attached hydrogen (secondary N) is 1. The summed E-state index contributed by atoms with van der Waals surface area (Å²) >= 11 is 11.9. The van der Waals surface area contributed by atoms with Crippen LogP contribution in [0.25, 0.3) is 0 Å². The number of amides is 1. The second-order valence-corrected chi connectivity index (χ2v) is 10.4. The van der Waals surface area contributed by atoms with E-state index in [2.05, 4.69) is 10.5 Å². The lowest BCUT2D eigenvalue weighted by molar-refractivity contribution is 0.0954. The molecule has 8 nitrogen and oxygen atoms in total. The SMILES string of the molecule is COc1cc(C(=O)N/N=C/c2cc(Cl)ccc2OS(=O)(=O)c2ccc(Cl)cc2)ccc1OCc1ccccc1. The molecule has 0 aliphatic rings. The van der Waals surface area contributed by atoms with Crippen LogP contribution in [0.3, 0.4) is 0 Å². The third kappa shape index (κ3) is 7.51. The van der Waals surface area contributed by atoms with Crippen LogP contribution >= 0.6 is 23.2 Å². The van der Waals surface area contributed by atoms with Crippen molar-refractivity contribution in [3.8, 4) is 17.2 Å². The molecule has 1 N–H and O–H groups in total. The summed E-state index contributed by atoms with van der Waals surface area (Å²) in [7, 11) is -2.69. The maximum absolute atomic E-state index is 12.7. The van der Waals surface area contributed by atoms with E-state index >= 15 is 0 Å². The molecule has 0 radical (unpaired) electrons. The normalized spacial score (nSPS) is 11.3. The Hall–Kier alpha value is -4.05. The third-order valence-electron chi connectivity index (χ3n) is 5.31. The van der Waals surface area contributed by atoms with Gasteiger partial charge in [0.1, 0.15) is 11.5 Å². The molecule has 0 saturated heterocycles. The first-order valence-corrected chi connectivity index (χ1v) is 13.6. The molecule has 0 aliphatic carbocycles. The van der Waals surface area contributed by atoms with Crippen molar-refractivity contribution in [2.45, 2.75) is 11.5 Å². The van der Waals surface area contributed by atoms with E-state index in [9.17, 15) is 13.2 Å². The summed E-state index contributed by atoms with van der Waals surface area (Å²) in [6.45, 7) is 0.338. The van der Waals surface area contributed by atoms with Crippen LogP contribution in [0.1, 0.15) is 21.5 Å². The number of nitrogens with zero attached hydrogens (tertiary/aromatic N) is 1. The van der Waals surface area contributed by atoms with Crippen LogP contribution in [-0.2, 0) is 16.7 Å².